The lowest BCUT2D eigenvalue weighted by Crippen LogP contribution is -2.34. The zero-order valence-corrected chi connectivity index (χ0v) is 19.4. The van der Waals surface area contributed by atoms with Gasteiger partial charge in [0, 0.05) is 12.1 Å². The summed E-state index contributed by atoms with van der Waals surface area (Å²) in [6, 6.07) is 11.2. The SMILES string of the molecule is CCCCOc1c(OC)cc(C(=O)NCC(c2ccc(OC)cc2)N(C)C)cc1OC. The van der Waals surface area contributed by atoms with Crippen LogP contribution in [0.15, 0.2) is 36.4 Å². The number of methoxy groups -OCH3 is 3. The van der Waals surface area contributed by atoms with Gasteiger partial charge in [-0.15, -0.1) is 0 Å². The molecule has 0 radical (unpaired) electrons. The van der Waals surface area contributed by atoms with E-state index in [0.29, 0.717) is 36.0 Å². The summed E-state index contributed by atoms with van der Waals surface area (Å²) >= 11 is 0. The maximum atomic E-state index is 12.9. The highest BCUT2D eigenvalue weighted by molar-refractivity contribution is 5.95. The van der Waals surface area contributed by atoms with E-state index in [1.807, 2.05) is 38.4 Å². The number of nitrogens with zero attached hydrogens (tertiary/aromatic N) is 1. The van der Waals surface area contributed by atoms with Crippen molar-refractivity contribution in [3.05, 3.63) is 47.5 Å². The zero-order chi connectivity index (χ0) is 22.8. The van der Waals surface area contributed by atoms with Gasteiger partial charge in [-0.05, 0) is 50.3 Å². The number of unbranched alkanes of at least 4 members (excludes halogenated alkanes) is 1. The average molecular weight is 431 g/mol. The summed E-state index contributed by atoms with van der Waals surface area (Å²) in [5.74, 6) is 2.04. The number of nitrogens with one attached hydrogen (secondary N) is 1. The molecule has 1 amide bonds. The third-order valence-corrected chi connectivity index (χ3v) is 5.05. The van der Waals surface area contributed by atoms with Gasteiger partial charge < -0.3 is 29.2 Å². The van der Waals surface area contributed by atoms with Crippen LogP contribution in [0.1, 0.15) is 41.7 Å². The van der Waals surface area contributed by atoms with Crippen LogP contribution in [0.5, 0.6) is 23.0 Å². The third kappa shape index (κ3) is 6.52. The van der Waals surface area contributed by atoms with Crippen molar-refractivity contribution >= 4 is 5.91 Å². The topological polar surface area (TPSA) is 69.3 Å². The van der Waals surface area contributed by atoms with Gasteiger partial charge in [0.2, 0.25) is 5.75 Å². The average Bonchev–Trinajstić information content (AvgIpc) is 2.79. The number of hydrogen-bond acceptors (Lipinski definition) is 6. The lowest BCUT2D eigenvalue weighted by molar-refractivity contribution is 0.0941. The van der Waals surface area contributed by atoms with Crippen LogP contribution in [0.2, 0.25) is 0 Å². The van der Waals surface area contributed by atoms with E-state index in [1.165, 1.54) is 0 Å². The maximum absolute atomic E-state index is 12.9. The Hall–Kier alpha value is -2.93. The summed E-state index contributed by atoms with van der Waals surface area (Å²) in [5, 5.41) is 3.02. The molecule has 0 aliphatic heterocycles. The fourth-order valence-corrected chi connectivity index (χ4v) is 3.19. The third-order valence-electron chi connectivity index (χ3n) is 5.05. The minimum Gasteiger partial charge on any atom is -0.497 e. The van der Waals surface area contributed by atoms with E-state index in [1.54, 1.807) is 33.5 Å². The first-order valence-corrected chi connectivity index (χ1v) is 10.4. The fraction of sp³-hybridized carbons (Fsp3) is 0.458. The van der Waals surface area contributed by atoms with Crippen LogP contribution in [0.25, 0.3) is 0 Å². The monoisotopic (exact) mass is 430 g/mol. The number of rotatable bonds is 12. The quantitative estimate of drug-likeness (QED) is 0.515. The summed E-state index contributed by atoms with van der Waals surface area (Å²) in [5.41, 5.74) is 1.53. The fourth-order valence-electron chi connectivity index (χ4n) is 3.19. The van der Waals surface area contributed by atoms with E-state index >= 15 is 0 Å². The second kappa shape index (κ2) is 12.1. The van der Waals surface area contributed by atoms with Crippen molar-refractivity contribution in [1.82, 2.24) is 10.2 Å². The van der Waals surface area contributed by atoms with Crippen molar-refractivity contribution in [3.8, 4) is 23.0 Å². The summed E-state index contributed by atoms with van der Waals surface area (Å²) in [6.07, 6.45) is 1.94. The van der Waals surface area contributed by atoms with Crippen LogP contribution in [0.3, 0.4) is 0 Å². The highest BCUT2D eigenvalue weighted by Gasteiger charge is 2.20. The van der Waals surface area contributed by atoms with Gasteiger partial charge in [0.25, 0.3) is 5.91 Å². The molecule has 0 saturated carbocycles. The van der Waals surface area contributed by atoms with Crippen LogP contribution in [0.4, 0.5) is 0 Å². The van der Waals surface area contributed by atoms with Gasteiger partial charge in [0.15, 0.2) is 11.5 Å². The molecule has 0 bridgehead atoms. The van der Waals surface area contributed by atoms with E-state index in [0.717, 1.165) is 24.2 Å². The molecule has 0 aliphatic rings. The number of hydrogen-bond donors (Lipinski definition) is 1. The van der Waals surface area contributed by atoms with E-state index in [2.05, 4.69) is 17.1 Å². The predicted octanol–water partition coefficient (Wildman–Crippen LogP) is 3.92. The van der Waals surface area contributed by atoms with E-state index in [4.69, 9.17) is 18.9 Å². The Morgan fingerprint density at radius 1 is 1.00 bits per heavy atom. The number of benzene rings is 2. The molecule has 0 heterocycles. The first kappa shape index (κ1) is 24.3. The standard InChI is InChI=1S/C24H34N2O5/c1-7-8-13-31-23-21(29-5)14-18(15-22(23)30-6)24(27)25-16-20(26(2)3)17-9-11-19(28-4)12-10-17/h9-12,14-15,20H,7-8,13,16H2,1-6H3,(H,25,27). The van der Waals surface area contributed by atoms with Crippen molar-refractivity contribution < 1.29 is 23.7 Å². The molecule has 2 aromatic carbocycles. The Morgan fingerprint density at radius 2 is 1.61 bits per heavy atom. The number of amides is 1. The van der Waals surface area contributed by atoms with Gasteiger partial charge in [-0.2, -0.15) is 0 Å². The number of ether oxygens (including phenoxy) is 4. The van der Waals surface area contributed by atoms with E-state index in [-0.39, 0.29) is 11.9 Å². The largest absolute Gasteiger partial charge is 0.497 e. The first-order chi connectivity index (χ1) is 14.9. The maximum Gasteiger partial charge on any atom is 0.251 e. The number of carbonyl (C=O) groups is 1. The normalized spacial score (nSPS) is 11.7. The molecule has 0 spiro atoms. The van der Waals surface area contributed by atoms with E-state index in [9.17, 15) is 4.79 Å². The molecule has 1 atom stereocenters. The number of carbonyl (C=O) groups excluding carboxylic acids is 1. The molecule has 2 aromatic rings. The van der Waals surface area contributed by atoms with Gasteiger partial charge in [-0.3, -0.25) is 4.79 Å². The molecule has 0 fully saturated rings. The van der Waals surface area contributed by atoms with Gasteiger partial charge in [0.05, 0.1) is 34.0 Å². The predicted molar refractivity (Wildman–Crippen MR) is 122 cm³/mol. The molecular weight excluding hydrogens is 396 g/mol. The summed E-state index contributed by atoms with van der Waals surface area (Å²) in [4.78, 5) is 15.0. The smallest absolute Gasteiger partial charge is 0.251 e. The molecule has 2 rings (SSSR count). The Balaban J connectivity index is 2.17. The van der Waals surface area contributed by atoms with Gasteiger partial charge >= 0.3 is 0 Å². The van der Waals surface area contributed by atoms with Crippen molar-refractivity contribution in [1.29, 1.82) is 0 Å². The molecule has 0 saturated heterocycles. The molecular formula is C24H34N2O5. The minimum absolute atomic E-state index is 0.00953. The Kier molecular flexibility index (Phi) is 9.46. The molecule has 7 nitrogen and oxygen atoms in total. The second-order valence-electron chi connectivity index (χ2n) is 7.37. The van der Waals surface area contributed by atoms with Crippen LogP contribution in [-0.4, -0.2) is 59.4 Å². The molecule has 1 unspecified atom stereocenters. The molecule has 1 N–H and O–H groups in total. The lowest BCUT2D eigenvalue weighted by Gasteiger charge is -2.25. The highest BCUT2D eigenvalue weighted by atomic mass is 16.5. The van der Waals surface area contributed by atoms with Gasteiger partial charge in [-0.1, -0.05) is 25.5 Å². The summed E-state index contributed by atoms with van der Waals surface area (Å²) in [6.45, 7) is 3.09. The van der Waals surface area contributed by atoms with Gasteiger partial charge in [0.1, 0.15) is 5.75 Å². The molecule has 7 heteroatoms. The van der Waals surface area contributed by atoms with Crippen molar-refractivity contribution in [2.75, 3.05) is 48.6 Å². The lowest BCUT2D eigenvalue weighted by atomic mass is 10.1. The number of likely N-dealkylation sites (N-methyl/N-ethyl adjacent to an activating group) is 1. The van der Waals surface area contributed by atoms with Gasteiger partial charge in [-0.25, -0.2) is 0 Å². The summed E-state index contributed by atoms with van der Waals surface area (Å²) < 4.78 is 22.0. The molecule has 170 valence electrons. The highest BCUT2D eigenvalue weighted by Crippen LogP contribution is 2.38. The van der Waals surface area contributed by atoms with Crippen LogP contribution >= 0.6 is 0 Å². The molecule has 0 aromatic heterocycles. The van der Waals surface area contributed by atoms with Crippen LogP contribution in [-0.2, 0) is 0 Å². The van der Waals surface area contributed by atoms with Crippen molar-refractivity contribution in [2.24, 2.45) is 0 Å². The Bertz CT molecular complexity index is 811. The Morgan fingerprint density at radius 3 is 2.10 bits per heavy atom. The van der Waals surface area contributed by atoms with Crippen LogP contribution in [0, 0.1) is 0 Å². The second-order valence-corrected chi connectivity index (χ2v) is 7.37. The minimum atomic E-state index is -0.211. The Labute approximate surface area is 185 Å². The summed E-state index contributed by atoms with van der Waals surface area (Å²) in [7, 11) is 8.70. The molecule has 0 aliphatic carbocycles. The zero-order valence-electron chi connectivity index (χ0n) is 19.4. The van der Waals surface area contributed by atoms with Crippen molar-refractivity contribution in [2.45, 2.75) is 25.8 Å². The molecule has 31 heavy (non-hydrogen) atoms. The first-order valence-electron chi connectivity index (χ1n) is 10.4. The van der Waals surface area contributed by atoms with Crippen LogP contribution < -0.4 is 24.3 Å². The van der Waals surface area contributed by atoms with E-state index < -0.39 is 0 Å². The van der Waals surface area contributed by atoms with Crippen molar-refractivity contribution in [3.63, 3.8) is 0 Å².